The Morgan fingerprint density at radius 3 is 2.50 bits per heavy atom. The number of carbonyl (C=O) groups excluding carboxylic acids is 1. The molecule has 0 aliphatic carbocycles. The van der Waals surface area contributed by atoms with E-state index in [0.717, 1.165) is 23.0 Å². The molecule has 1 aliphatic heterocycles. The van der Waals surface area contributed by atoms with Crippen molar-refractivity contribution < 1.29 is 4.79 Å². The smallest absolute Gasteiger partial charge is 0.223 e. The summed E-state index contributed by atoms with van der Waals surface area (Å²) in [5.74, 6) is -0.279. The number of benzene rings is 2. The SMILES string of the molecule is Cl.Cl.NC(=O)C1CN(c2cccc3cnccc23)CC1c1ccccc1. The number of rotatable bonds is 3. The zero-order chi connectivity index (χ0) is 16.5. The summed E-state index contributed by atoms with van der Waals surface area (Å²) in [7, 11) is 0. The molecule has 0 radical (unpaired) electrons. The number of hydrogen-bond donors (Lipinski definition) is 1. The van der Waals surface area contributed by atoms with Crippen molar-refractivity contribution in [1.82, 2.24) is 4.98 Å². The van der Waals surface area contributed by atoms with Gasteiger partial charge in [-0.05, 0) is 17.7 Å². The predicted molar refractivity (Wildman–Crippen MR) is 110 cm³/mol. The normalized spacial score (nSPS) is 18.8. The van der Waals surface area contributed by atoms with Crippen LogP contribution in [0.2, 0.25) is 0 Å². The molecule has 2 N–H and O–H groups in total. The number of nitrogens with zero attached hydrogens (tertiary/aromatic N) is 2. The second-order valence-corrected chi connectivity index (χ2v) is 6.30. The molecule has 2 unspecified atom stereocenters. The van der Waals surface area contributed by atoms with Gasteiger partial charge in [-0.15, -0.1) is 24.8 Å². The van der Waals surface area contributed by atoms with Gasteiger partial charge in [0.1, 0.15) is 0 Å². The highest BCUT2D eigenvalue weighted by molar-refractivity contribution is 5.94. The van der Waals surface area contributed by atoms with Crippen LogP contribution in [-0.2, 0) is 4.79 Å². The van der Waals surface area contributed by atoms with E-state index in [1.807, 2.05) is 42.7 Å². The van der Waals surface area contributed by atoms with Gasteiger partial charge in [0.15, 0.2) is 0 Å². The summed E-state index contributed by atoms with van der Waals surface area (Å²) in [5, 5.41) is 2.26. The van der Waals surface area contributed by atoms with Crippen LogP contribution in [0.4, 0.5) is 5.69 Å². The number of fused-ring (bicyclic) bond motifs is 1. The molecule has 0 saturated carbocycles. The van der Waals surface area contributed by atoms with Crippen LogP contribution in [0.1, 0.15) is 11.5 Å². The maximum absolute atomic E-state index is 12.0. The maximum Gasteiger partial charge on any atom is 0.223 e. The Morgan fingerprint density at radius 1 is 1.00 bits per heavy atom. The Hall–Kier alpha value is -2.30. The molecule has 1 aromatic heterocycles. The first-order valence-electron chi connectivity index (χ1n) is 8.16. The summed E-state index contributed by atoms with van der Waals surface area (Å²) in [6.45, 7) is 1.44. The molecule has 4 nitrogen and oxygen atoms in total. The number of nitrogens with two attached hydrogens (primary N) is 1. The number of amides is 1. The summed E-state index contributed by atoms with van der Waals surface area (Å²) >= 11 is 0. The van der Waals surface area contributed by atoms with Gasteiger partial charge in [-0.1, -0.05) is 42.5 Å². The van der Waals surface area contributed by atoms with Crippen molar-refractivity contribution in [1.29, 1.82) is 0 Å². The molecule has 1 aliphatic rings. The fraction of sp³-hybridized carbons (Fsp3) is 0.200. The molecule has 0 bridgehead atoms. The third-order valence-corrected chi connectivity index (χ3v) is 4.91. The topological polar surface area (TPSA) is 59.2 Å². The molecule has 6 heteroatoms. The van der Waals surface area contributed by atoms with E-state index in [-0.39, 0.29) is 42.6 Å². The number of aromatic nitrogens is 1. The van der Waals surface area contributed by atoms with Gasteiger partial charge in [0, 0.05) is 47.9 Å². The summed E-state index contributed by atoms with van der Waals surface area (Å²) in [6, 6.07) is 18.4. The third-order valence-electron chi connectivity index (χ3n) is 4.91. The maximum atomic E-state index is 12.0. The molecular formula is C20H21Cl2N3O. The fourth-order valence-corrected chi connectivity index (χ4v) is 3.71. The van der Waals surface area contributed by atoms with Crippen molar-refractivity contribution in [2.24, 2.45) is 11.7 Å². The molecule has 1 fully saturated rings. The molecule has 2 aromatic carbocycles. The lowest BCUT2D eigenvalue weighted by Crippen LogP contribution is -2.29. The highest BCUT2D eigenvalue weighted by Crippen LogP contribution is 2.37. The Morgan fingerprint density at radius 2 is 1.77 bits per heavy atom. The second-order valence-electron chi connectivity index (χ2n) is 6.30. The average molecular weight is 390 g/mol. The van der Waals surface area contributed by atoms with Gasteiger partial charge in [0.05, 0.1) is 5.92 Å². The number of anilines is 1. The van der Waals surface area contributed by atoms with E-state index in [1.54, 1.807) is 0 Å². The average Bonchev–Trinajstić information content (AvgIpc) is 3.07. The number of primary amides is 1. The highest BCUT2D eigenvalue weighted by Gasteiger charge is 2.37. The van der Waals surface area contributed by atoms with Crippen molar-refractivity contribution in [2.45, 2.75) is 5.92 Å². The first kappa shape index (κ1) is 20.0. The molecule has 2 heterocycles. The zero-order valence-corrected chi connectivity index (χ0v) is 15.7. The summed E-state index contributed by atoms with van der Waals surface area (Å²) in [4.78, 5) is 18.5. The lowest BCUT2D eigenvalue weighted by molar-refractivity contribution is -0.121. The lowest BCUT2D eigenvalue weighted by Gasteiger charge is -2.20. The molecule has 3 aromatic rings. The van der Waals surface area contributed by atoms with Crippen LogP contribution >= 0.6 is 24.8 Å². The van der Waals surface area contributed by atoms with Crippen LogP contribution in [0.25, 0.3) is 10.8 Å². The standard InChI is InChI=1S/C20H19N3O.2ClH/c21-20(24)18-13-23(12-17(18)14-5-2-1-3-6-14)19-8-4-7-15-11-22-10-9-16(15)19;;/h1-11,17-18H,12-13H2,(H2,21,24);2*1H. The molecule has 26 heavy (non-hydrogen) atoms. The van der Waals surface area contributed by atoms with E-state index in [1.165, 1.54) is 5.56 Å². The number of hydrogen-bond acceptors (Lipinski definition) is 3. The molecule has 136 valence electrons. The van der Waals surface area contributed by atoms with Crippen LogP contribution < -0.4 is 10.6 Å². The van der Waals surface area contributed by atoms with Crippen molar-refractivity contribution >= 4 is 47.2 Å². The molecule has 1 saturated heterocycles. The first-order valence-corrected chi connectivity index (χ1v) is 8.16. The highest BCUT2D eigenvalue weighted by atomic mass is 35.5. The minimum atomic E-state index is -0.228. The van der Waals surface area contributed by atoms with Crippen LogP contribution in [0.5, 0.6) is 0 Å². The van der Waals surface area contributed by atoms with E-state index in [4.69, 9.17) is 5.73 Å². The minimum Gasteiger partial charge on any atom is -0.370 e. The van der Waals surface area contributed by atoms with Gasteiger partial charge in [0.25, 0.3) is 0 Å². The summed E-state index contributed by atoms with van der Waals surface area (Å²) in [6.07, 6.45) is 3.68. The monoisotopic (exact) mass is 389 g/mol. The van der Waals surface area contributed by atoms with Crippen molar-refractivity contribution in [3.05, 3.63) is 72.6 Å². The molecule has 1 amide bonds. The fourth-order valence-electron chi connectivity index (χ4n) is 3.71. The number of carbonyl (C=O) groups is 1. The van der Waals surface area contributed by atoms with E-state index < -0.39 is 0 Å². The van der Waals surface area contributed by atoms with Gasteiger partial charge < -0.3 is 10.6 Å². The van der Waals surface area contributed by atoms with Gasteiger partial charge >= 0.3 is 0 Å². The van der Waals surface area contributed by atoms with Crippen molar-refractivity contribution in [3.8, 4) is 0 Å². The van der Waals surface area contributed by atoms with Crippen LogP contribution in [0.15, 0.2) is 67.0 Å². The predicted octanol–water partition coefficient (Wildman–Crippen LogP) is 3.78. The Kier molecular flexibility index (Phi) is 6.46. The van der Waals surface area contributed by atoms with Gasteiger partial charge in [-0.25, -0.2) is 0 Å². The van der Waals surface area contributed by atoms with E-state index >= 15 is 0 Å². The molecular weight excluding hydrogens is 369 g/mol. The quantitative estimate of drug-likeness (QED) is 0.741. The van der Waals surface area contributed by atoms with Crippen molar-refractivity contribution in [3.63, 3.8) is 0 Å². The number of halogens is 2. The van der Waals surface area contributed by atoms with Gasteiger partial charge in [-0.2, -0.15) is 0 Å². The molecule has 2 atom stereocenters. The first-order chi connectivity index (χ1) is 11.7. The molecule has 4 rings (SSSR count). The van der Waals surface area contributed by atoms with E-state index in [9.17, 15) is 4.79 Å². The third kappa shape index (κ3) is 3.62. The van der Waals surface area contributed by atoms with Crippen molar-refractivity contribution in [2.75, 3.05) is 18.0 Å². The van der Waals surface area contributed by atoms with Crippen LogP contribution in [0, 0.1) is 5.92 Å². The summed E-state index contributed by atoms with van der Waals surface area (Å²) < 4.78 is 0. The minimum absolute atomic E-state index is 0. The van der Waals surface area contributed by atoms with Gasteiger partial charge in [0.2, 0.25) is 5.91 Å². The Balaban J connectivity index is 0.00000121. The summed E-state index contributed by atoms with van der Waals surface area (Å²) in [5.41, 5.74) is 8.01. The largest absolute Gasteiger partial charge is 0.370 e. The second kappa shape index (κ2) is 8.39. The zero-order valence-electron chi connectivity index (χ0n) is 14.1. The Labute approximate surface area is 165 Å². The lowest BCUT2D eigenvalue weighted by atomic mass is 9.89. The Bertz CT molecular complexity index is 883. The van der Waals surface area contributed by atoms with E-state index in [2.05, 4.69) is 34.1 Å². The van der Waals surface area contributed by atoms with Crippen LogP contribution in [-0.4, -0.2) is 24.0 Å². The van der Waals surface area contributed by atoms with E-state index in [0.29, 0.717) is 6.54 Å². The van der Waals surface area contributed by atoms with Crippen LogP contribution in [0.3, 0.4) is 0 Å². The molecule has 0 spiro atoms. The number of pyridine rings is 1. The van der Waals surface area contributed by atoms with Gasteiger partial charge in [-0.3, -0.25) is 9.78 Å².